The van der Waals surface area contributed by atoms with Gasteiger partial charge < -0.3 is 20.7 Å². The summed E-state index contributed by atoms with van der Waals surface area (Å²) in [5.41, 5.74) is 8.12. The number of likely N-dealkylation sites (N-methyl/N-ethyl adjacent to an activating group) is 1. The average Bonchev–Trinajstić information content (AvgIpc) is 2.78. The summed E-state index contributed by atoms with van der Waals surface area (Å²) in [5, 5.41) is 2.75. The van der Waals surface area contributed by atoms with Crippen LogP contribution in [-0.2, 0) is 4.74 Å². The molecule has 0 radical (unpaired) electrons. The Hall–Kier alpha value is -3.78. The van der Waals surface area contributed by atoms with Crippen LogP contribution in [0, 0.1) is 0 Å². The van der Waals surface area contributed by atoms with Gasteiger partial charge in [-0.1, -0.05) is 30.3 Å². The van der Waals surface area contributed by atoms with Gasteiger partial charge in [-0.2, -0.15) is 0 Å². The Bertz CT molecular complexity index is 1050. The van der Waals surface area contributed by atoms with Gasteiger partial charge in [-0.3, -0.25) is 9.59 Å². The largest absolute Gasteiger partial charge is 0.383 e. The number of ether oxygens (including phenoxy) is 1. The van der Waals surface area contributed by atoms with Crippen molar-refractivity contribution in [2.24, 2.45) is 0 Å². The first-order valence-corrected chi connectivity index (χ1v) is 9.33. The molecule has 3 N–H and O–H groups in total. The molecule has 8 nitrogen and oxygen atoms in total. The number of methoxy groups -OCH3 is 1. The summed E-state index contributed by atoms with van der Waals surface area (Å²) in [6.07, 6.45) is 1.48. The van der Waals surface area contributed by atoms with E-state index in [-0.39, 0.29) is 21.7 Å². The molecule has 0 atom stereocenters. The molecule has 1 aromatic heterocycles. The number of benzene rings is 2. The molecule has 0 saturated heterocycles. The van der Waals surface area contributed by atoms with E-state index in [9.17, 15) is 9.59 Å². The first-order chi connectivity index (χ1) is 14.5. The third-order valence-corrected chi connectivity index (χ3v) is 4.43. The van der Waals surface area contributed by atoms with Crippen molar-refractivity contribution < 1.29 is 18.6 Å². The third-order valence-electron chi connectivity index (χ3n) is 4.43. The number of carbonyl (C=O) groups excluding carboxylic acids is 2. The smallest absolute Gasteiger partial charge is 0.278 e. The molecule has 30 heavy (non-hydrogen) atoms. The van der Waals surface area contributed by atoms with E-state index in [0.29, 0.717) is 35.7 Å². The SMILES string of the molecule is COCCN(C)C(=O)c1cccc(-c2cnc(N)c(C(=O)Nc3ccccc3)n2)c1.[HH].[HH].[HH]. The minimum Gasteiger partial charge on any atom is -0.383 e. The highest BCUT2D eigenvalue weighted by Gasteiger charge is 2.17. The lowest BCUT2D eigenvalue weighted by molar-refractivity contribution is 0.0744. The van der Waals surface area contributed by atoms with Gasteiger partial charge in [-0.05, 0) is 24.3 Å². The first-order valence-electron chi connectivity index (χ1n) is 9.33. The normalized spacial score (nSPS) is 10.5. The number of amides is 2. The zero-order valence-electron chi connectivity index (χ0n) is 16.8. The van der Waals surface area contributed by atoms with Crippen LogP contribution in [0.3, 0.4) is 0 Å². The summed E-state index contributed by atoms with van der Waals surface area (Å²) < 4.78 is 5.02. The van der Waals surface area contributed by atoms with Crippen LogP contribution in [0.1, 0.15) is 25.1 Å². The molecule has 2 amide bonds. The van der Waals surface area contributed by atoms with Crippen LogP contribution in [0.2, 0.25) is 0 Å². The minimum absolute atomic E-state index is 0. The topological polar surface area (TPSA) is 110 Å². The van der Waals surface area contributed by atoms with Crippen LogP contribution in [0.15, 0.2) is 60.8 Å². The molecule has 3 aromatic rings. The summed E-state index contributed by atoms with van der Waals surface area (Å²) in [7, 11) is 3.30. The molecule has 1 heterocycles. The Morgan fingerprint density at radius 3 is 2.67 bits per heavy atom. The predicted molar refractivity (Wildman–Crippen MR) is 121 cm³/mol. The van der Waals surface area contributed by atoms with E-state index in [2.05, 4.69) is 15.3 Å². The number of nitrogens with two attached hydrogens (primary N) is 1. The summed E-state index contributed by atoms with van der Waals surface area (Å²) in [6.45, 7) is 0.927. The zero-order valence-corrected chi connectivity index (χ0v) is 16.8. The van der Waals surface area contributed by atoms with Gasteiger partial charge >= 0.3 is 0 Å². The molecule has 0 saturated carbocycles. The quantitative estimate of drug-likeness (QED) is 0.616. The fourth-order valence-corrected chi connectivity index (χ4v) is 2.78. The van der Waals surface area contributed by atoms with Crippen molar-refractivity contribution in [2.75, 3.05) is 38.4 Å². The second-order valence-corrected chi connectivity index (χ2v) is 6.61. The van der Waals surface area contributed by atoms with Gasteiger partial charge in [0.2, 0.25) is 0 Å². The zero-order chi connectivity index (χ0) is 21.5. The molecule has 3 rings (SSSR count). The fourth-order valence-electron chi connectivity index (χ4n) is 2.78. The number of carbonyl (C=O) groups is 2. The predicted octanol–water partition coefficient (Wildman–Crippen LogP) is 3.43. The molecule has 2 aromatic carbocycles. The Labute approximate surface area is 179 Å². The highest BCUT2D eigenvalue weighted by atomic mass is 16.5. The van der Waals surface area contributed by atoms with Gasteiger partial charge in [0, 0.05) is 41.8 Å². The molecule has 0 aliphatic carbocycles. The van der Waals surface area contributed by atoms with Crippen LogP contribution >= 0.6 is 0 Å². The lowest BCUT2D eigenvalue weighted by Gasteiger charge is -2.17. The van der Waals surface area contributed by atoms with Crippen molar-refractivity contribution in [3.63, 3.8) is 0 Å². The van der Waals surface area contributed by atoms with E-state index >= 15 is 0 Å². The minimum atomic E-state index is -0.459. The first kappa shape index (κ1) is 20.9. The highest BCUT2D eigenvalue weighted by molar-refractivity contribution is 6.06. The van der Waals surface area contributed by atoms with Gasteiger partial charge in [0.25, 0.3) is 11.8 Å². The average molecular weight is 412 g/mol. The van der Waals surface area contributed by atoms with E-state index in [1.165, 1.54) is 6.20 Å². The van der Waals surface area contributed by atoms with Crippen LogP contribution < -0.4 is 11.1 Å². The molecule has 0 aliphatic rings. The van der Waals surface area contributed by atoms with E-state index < -0.39 is 5.91 Å². The lowest BCUT2D eigenvalue weighted by Crippen LogP contribution is -2.29. The standard InChI is InChI=1S/C22H23N5O3.3H2/c1-27(11-12-30-2)22(29)16-8-6-7-15(13-16)18-14-24-20(23)19(26-18)21(28)25-17-9-4-3-5-10-17;;;/h3-10,13-14H,11-12H2,1-2H3,(H2,23,24)(H,25,28);3*1H. The van der Waals surface area contributed by atoms with Crippen molar-refractivity contribution in [1.29, 1.82) is 0 Å². The van der Waals surface area contributed by atoms with Gasteiger partial charge in [0.1, 0.15) is 0 Å². The molecule has 0 bridgehead atoms. The highest BCUT2D eigenvalue weighted by Crippen LogP contribution is 2.21. The van der Waals surface area contributed by atoms with Crippen LogP contribution in [-0.4, -0.2) is 54.0 Å². The molecular weight excluding hydrogens is 382 g/mol. The number of nitrogens with zero attached hydrogens (tertiary/aromatic N) is 3. The summed E-state index contributed by atoms with van der Waals surface area (Å²) in [4.78, 5) is 35.3. The fraction of sp³-hybridized carbons (Fsp3) is 0.182. The maximum atomic E-state index is 12.6. The van der Waals surface area contributed by atoms with Crippen LogP contribution in [0.4, 0.5) is 11.5 Å². The maximum absolute atomic E-state index is 12.6. The van der Waals surface area contributed by atoms with Crippen molar-refractivity contribution in [2.45, 2.75) is 0 Å². The van der Waals surface area contributed by atoms with Crippen molar-refractivity contribution in [3.8, 4) is 11.3 Å². The Balaban J connectivity index is 0.00000341. The second kappa shape index (κ2) is 9.62. The molecular formula is C22H29N5O3. The number of hydrogen-bond acceptors (Lipinski definition) is 6. The van der Waals surface area contributed by atoms with Crippen LogP contribution in [0.5, 0.6) is 0 Å². The number of rotatable bonds is 7. The van der Waals surface area contributed by atoms with Crippen molar-refractivity contribution in [3.05, 3.63) is 72.1 Å². The monoisotopic (exact) mass is 411 g/mol. The van der Waals surface area contributed by atoms with E-state index in [1.807, 2.05) is 18.2 Å². The molecule has 160 valence electrons. The molecule has 0 spiro atoms. The maximum Gasteiger partial charge on any atom is 0.278 e. The number of nitrogens with one attached hydrogen (secondary N) is 1. The summed E-state index contributed by atoms with van der Waals surface area (Å²) >= 11 is 0. The van der Waals surface area contributed by atoms with Crippen LogP contribution in [0.25, 0.3) is 11.3 Å². The van der Waals surface area contributed by atoms with E-state index in [0.717, 1.165) is 0 Å². The third kappa shape index (κ3) is 4.98. The van der Waals surface area contributed by atoms with Gasteiger partial charge in [-0.25, -0.2) is 9.97 Å². The Kier molecular flexibility index (Phi) is 6.71. The molecule has 0 fully saturated rings. The number of aromatic nitrogens is 2. The number of nitrogen functional groups attached to an aromatic ring is 1. The summed E-state index contributed by atoms with van der Waals surface area (Å²) in [5.74, 6) is -0.572. The molecule has 8 heteroatoms. The van der Waals surface area contributed by atoms with Crippen molar-refractivity contribution >= 4 is 23.3 Å². The van der Waals surface area contributed by atoms with Crippen molar-refractivity contribution in [1.82, 2.24) is 14.9 Å². The Morgan fingerprint density at radius 1 is 1.17 bits per heavy atom. The molecule has 0 unspecified atom stereocenters. The van der Waals surface area contributed by atoms with Gasteiger partial charge in [-0.15, -0.1) is 0 Å². The number of para-hydroxylation sites is 1. The van der Waals surface area contributed by atoms with Gasteiger partial charge in [0.05, 0.1) is 18.5 Å². The second-order valence-electron chi connectivity index (χ2n) is 6.61. The Morgan fingerprint density at radius 2 is 1.93 bits per heavy atom. The molecule has 0 aliphatic heterocycles. The number of hydrogen-bond donors (Lipinski definition) is 2. The van der Waals surface area contributed by atoms with E-state index in [1.54, 1.807) is 55.5 Å². The van der Waals surface area contributed by atoms with E-state index in [4.69, 9.17) is 10.5 Å². The van der Waals surface area contributed by atoms with Gasteiger partial charge in [0.15, 0.2) is 11.5 Å². The number of anilines is 2. The lowest BCUT2D eigenvalue weighted by atomic mass is 10.1. The summed E-state index contributed by atoms with van der Waals surface area (Å²) in [6, 6.07) is 16.0.